The topological polar surface area (TPSA) is 92.7 Å². The summed E-state index contributed by atoms with van der Waals surface area (Å²) in [5.41, 5.74) is 3.39. The Bertz CT molecular complexity index is 1310. The van der Waals surface area contributed by atoms with Crippen molar-refractivity contribution in [2.45, 2.75) is 39.7 Å². The Labute approximate surface area is 217 Å². The minimum Gasteiger partial charge on any atom is -0.465 e. The zero-order valence-electron chi connectivity index (χ0n) is 21.9. The summed E-state index contributed by atoms with van der Waals surface area (Å²) in [6, 6.07) is 17.4. The molecule has 1 aliphatic heterocycles. The fourth-order valence-electron chi connectivity index (χ4n) is 4.67. The van der Waals surface area contributed by atoms with Gasteiger partial charge in [-0.15, -0.1) is 0 Å². The number of aromatic nitrogens is 2. The Hall–Kier alpha value is -4.07. The predicted octanol–water partition coefficient (Wildman–Crippen LogP) is 4.35. The van der Waals surface area contributed by atoms with Gasteiger partial charge in [-0.05, 0) is 43.0 Å². The quantitative estimate of drug-likeness (QED) is 0.484. The first-order chi connectivity index (χ1) is 17.7. The van der Waals surface area contributed by atoms with E-state index in [0.717, 1.165) is 11.1 Å². The second kappa shape index (κ2) is 10.9. The fraction of sp³-hybridized carbons (Fsp3) is 0.345. The van der Waals surface area contributed by atoms with Crippen LogP contribution in [0.2, 0.25) is 0 Å². The summed E-state index contributed by atoms with van der Waals surface area (Å²) < 4.78 is 4.96. The molecule has 2 aromatic carbocycles. The number of benzene rings is 2. The molecule has 4 rings (SSSR count). The molecular weight excluding hydrogens is 468 g/mol. The van der Waals surface area contributed by atoms with E-state index in [1.807, 2.05) is 75.4 Å². The number of methoxy groups -OCH3 is 1. The first-order valence-electron chi connectivity index (χ1n) is 12.4. The molecule has 1 aromatic heterocycles. The minimum atomic E-state index is -0.632. The minimum absolute atomic E-state index is 0.0477. The van der Waals surface area contributed by atoms with E-state index < -0.39 is 5.97 Å². The molecule has 8 heteroatoms. The predicted molar refractivity (Wildman–Crippen MR) is 140 cm³/mol. The lowest BCUT2D eigenvalue weighted by Gasteiger charge is -2.40. The van der Waals surface area contributed by atoms with Crippen molar-refractivity contribution in [3.8, 4) is 11.1 Å². The molecular formula is C29H32N4O4. The van der Waals surface area contributed by atoms with Gasteiger partial charge in [-0.3, -0.25) is 9.59 Å². The second-order valence-electron chi connectivity index (χ2n) is 9.57. The van der Waals surface area contributed by atoms with Gasteiger partial charge < -0.3 is 14.5 Å². The Morgan fingerprint density at radius 3 is 2.16 bits per heavy atom. The molecule has 2 amide bonds. The van der Waals surface area contributed by atoms with Crippen LogP contribution in [0.25, 0.3) is 11.1 Å². The summed E-state index contributed by atoms with van der Waals surface area (Å²) >= 11 is 0. The zero-order valence-corrected chi connectivity index (χ0v) is 21.9. The molecule has 2 heterocycles. The lowest BCUT2D eigenvalue weighted by atomic mass is 10.0. The summed E-state index contributed by atoms with van der Waals surface area (Å²) in [5.74, 6) is -0.745. The van der Waals surface area contributed by atoms with E-state index in [1.54, 1.807) is 16.7 Å². The van der Waals surface area contributed by atoms with E-state index in [9.17, 15) is 14.4 Å². The average molecular weight is 501 g/mol. The van der Waals surface area contributed by atoms with Crippen LogP contribution < -0.4 is 0 Å². The molecule has 3 aromatic rings. The maximum Gasteiger partial charge on any atom is 0.342 e. The van der Waals surface area contributed by atoms with Crippen LogP contribution in [0.15, 0.2) is 54.6 Å². The molecule has 1 saturated heterocycles. The molecule has 0 saturated carbocycles. The second-order valence-corrected chi connectivity index (χ2v) is 9.57. The zero-order chi connectivity index (χ0) is 26.7. The fourth-order valence-corrected chi connectivity index (χ4v) is 4.67. The highest BCUT2D eigenvalue weighted by Crippen LogP contribution is 2.24. The Morgan fingerprint density at radius 2 is 1.57 bits per heavy atom. The summed E-state index contributed by atoms with van der Waals surface area (Å²) in [7, 11) is 1.28. The number of carbonyl (C=O) groups excluding carboxylic acids is 3. The van der Waals surface area contributed by atoms with Crippen LogP contribution in [0.5, 0.6) is 0 Å². The van der Waals surface area contributed by atoms with Gasteiger partial charge in [0.1, 0.15) is 17.1 Å². The van der Waals surface area contributed by atoms with Gasteiger partial charge in [0, 0.05) is 31.2 Å². The number of aryl methyl sites for hydroxylation is 1. The van der Waals surface area contributed by atoms with Crippen LogP contribution in [0.3, 0.4) is 0 Å². The van der Waals surface area contributed by atoms with Gasteiger partial charge in [0.25, 0.3) is 11.8 Å². The van der Waals surface area contributed by atoms with Gasteiger partial charge in [-0.1, -0.05) is 56.3 Å². The summed E-state index contributed by atoms with van der Waals surface area (Å²) in [6.07, 6.45) is 0. The van der Waals surface area contributed by atoms with Crippen LogP contribution >= 0.6 is 0 Å². The molecule has 0 radical (unpaired) electrons. The van der Waals surface area contributed by atoms with Gasteiger partial charge in [0.05, 0.1) is 12.8 Å². The van der Waals surface area contributed by atoms with Crippen molar-refractivity contribution in [2.24, 2.45) is 0 Å². The van der Waals surface area contributed by atoms with Gasteiger partial charge in [-0.2, -0.15) is 0 Å². The van der Waals surface area contributed by atoms with Crippen molar-refractivity contribution < 1.29 is 19.1 Å². The largest absolute Gasteiger partial charge is 0.465 e. The van der Waals surface area contributed by atoms with Crippen molar-refractivity contribution >= 4 is 17.8 Å². The SMILES string of the molecule is COC(=O)c1c(C(=O)N2CCN(C(=O)c3ccc(-c4ccccc4)cc3)C(C)C2)nc(C)nc1C(C)C. The summed E-state index contributed by atoms with van der Waals surface area (Å²) in [5, 5.41) is 0. The highest BCUT2D eigenvalue weighted by molar-refractivity contribution is 6.05. The number of hydrogen-bond donors (Lipinski definition) is 0. The van der Waals surface area contributed by atoms with Crippen molar-refractivity contribution in [3.63, 3.8) is 0 Å². The molecule has 0 aliphatic carbocycles. The van der Waals surface area contributed by atoms with Crippen molar-refractivity contribution in [1.82, 2.24) is 19.8 Å². The maximum atomic E-state index is 13.6. The normalized spacial score (nSPS) is 15.6. The number of nitrogens with zero attached hydrogens (tertiary/aromatic N) is 4. The van der Waals surface area contributed by atoms with E-state index in [-0.39, 0.29) is 35.0 Å². The highest BCUT2D eigenvalue weighted by atomic mass is 16.5. The molecule has 37 heavy (non-hydrogen) atoms. The maximum absolute atomic E-state index is 13.6. The van der Waals surface area contributed by atoms with E-state index in [2.05, 4.69) is 9.97 Å². The third-order valence-corrected chi connectivity index (χ3v) is 6.60. The molecule has 0 N–H and O–H groups in total. The first kappa shape index (κ1) is 26.0. The molecule has 0 bridgehead atoms. The van der Waals surface area contributed by atoms with Crippen molar-refractivity contribution in [2.75, 3.05) is 26.7 Å². The van der Waals surface area contributed by atoms with Crippen LogP contribution in [0.4, 0.5) is 0 Å². The third kappa shape index (κ3) is 5.38. The molecule has 1 fully saturated rings. The lowest BCUT2D eigenvalue weighted by molar-refractivity contribution is 0.0408. The average Bonchev–Trinajstić information content (AvgIpc) is 2.91. The van der Waals surface area contributed by atoms with Gasteiger partial charge >= 0.3 is 5.97 Å². The molecule has 192 valence electrons. The Balaban J connectivity index is 1.51. The number of hydrogen-bond acceptors (Lipinski definition) is 6. The molecule has 1 atom stereocenters. The Kier molecular flexibility index (Phi) is 7.66. The summed E-state index contributed by atoms with van der Waals surface area (Å²) in [6.45, 7) is 8.46. The van der Waals surface area contributed by atoms with Crippen LogP contribution in [-0.2, 0) is 4.74 Å². The van der Waals surface area contributed by atoms with E-state index in [4.69, 9.17) is 4.74 Å². The number of piperazine rings is 1. The molecule has 1 unspecified atom stereocenters. The van der Waals surface area contributed by atoms with Gasteiger partial charge in [0.15, 0.2) is 0 Å². The number of ether oxygens (including phenoxy) is 1. The number of amides is 2. The van der Waals surface area contributed by atoms with Gasteiger partial charge in [0.2, 0.25) is 0 Å². The van der Waals surface area contributed by atoms with E-state index in [1.165, 1.54) is 7.11 Å². The summed E-state index contributed by atoms with van der Waals surface area (Å²) in [4.78, 5) is 51.6. The van der Waals surface area contributed by atoms with Crippen LogP contribution in [0.1, 0.15) is 69.4 Å². The van der Waals surface area contributed by atoms with E-state index >= 15 is 0 Å². The molecule has 8 nitrogen and oxygen atoms in total. The highest BCUT2D eigenvalue weighted by Gasteiger charge is 2.34. The van der Waals surface area contributed by atoms with Gasteiger partial charge in [-0.25, -0.2) is 14.8 Å². The Morgan fingerprint density at radius 1 is 0.919 bits per heavy atom. The van der Waals surface area contributed by atoms with Crippen LogP contribution in [0, 0.1) is 6.92 Å². The molecule has 1 aliphatic rings. The van der Waals surface area contributed by atoms with Crippen molar-refractivity contribution in [3.05, 3.63) is 82.9 Å². The van der Waals surface area contributed by atoms with Crippen LogP contribution in [-0.4, -0.2) is 70.3 Å². The number of esters is 1. The molecule has 0 spiro atoms. The third-order valence-electron chi connectivity index (χ3n) is 6.60. The first-order valence-corrected chi connectivity index (χ1v) is 12.4. The monoisotopic (exact) mass is 500 g/mol. The van der Waals surface area contributed by atoms with Crippen molar-refractivity contribution in [1.29, 1.82) is 0 Å². The standard InChI is InChI=1S/C29H32N4O4/c1-18(2)25-24(29(36)37-5)26(31-20(4)30-25)28(35)32-15-16-33(19(3)17-32)27(34)23-13-11-22(12-14-23)21-9-7-6-8-10-21/h6-14,18-19H,15-17H2,1-5H3. The number of carbonyl (C=O) groups is 3. The lowest BCUT2D eigenvalue weighted by Crippen LogP contribution is -2.55. The number of rotatable bonds is 5. The van der Waals surface area contributed by atoms with E-state index in [0.29, 0.717) is 36.7 Å². The smallest absolute Gasteiger partial charge is 0.342 e.